The van der Waals surface area contributed by atoms with Crippen molar-refractivity contribution < 1.29 is 0 Å². The van der Waals surface area contributed by atoms with Gasteiger partial charge in [-0.25, -0.2) is 9.67 Å². The summed E-state index contributed by atoms with van der Waals surface area (Å²) in [5, 5.41) is 8.33. The standard InChI is InChI=1S/C11H9ClN6S/c1-7-14-11(8-4-2-3-5-13-8)18(16-7)6-9-10(12)19-17-15-9/h2-5H,6H2,1H3. The normalized spacial score (nSPS) is 10.8. The molecule has 3 heterocycles. The van der Waals surface area contributed by atoms with Crippen LogP contribution >= 0.6 is 23.1 Å². The van der Waals surface area contributed by atoms with Crippen LogP contribution in [-0.4, -0.2) is 29.3 Å². The van der Waals surface area contributed by atoms with Gasteiger partial charge in [-0.05, 0) is 19.1 Å². The fraction of sp³-hybridized carbons (Fsp3) is 0.182. The molecule has 0 aliphatic carbocycles. The first-order valence-corrected chi connectivity index (χ1v) is 6.69. The van der Waals surface area contributed by atoms with Crippen LogP contribution in [0.25, 0.3) is 11.5 Å². The van der Waals surface area contributed by atoms with Crippen molar-refractivity contribution in [2.75, 3.05) is 0 Å². The van der Waals surface area contributed by atoms with E-state index in [2.05, 4.69) is 24.7 Å². The highest BCUT2D eigenvalue weighted by molar-refractivity contribution is 7.10. The van der Waals surface area contributed by atoms with Gasteiger partial charge in [-0.2, -0.15) is 5.10 Å². The smallest absolute Gasteiger partial charge is 0.177 e. The molecule has 0 bridgehead atoms. The van der Waals surface area contributed by atoms with Gasteiger partial charge in [0.2, 0.25) is 0 Å². The van der Waals surface area contributed by atoms with Crippen molar-refractivity contribution in [1.82, 2.24) is 29.3 Å². The van der Waals surface area contributed by atoms with E-state index in [4.69, 9.17) is 11.6 Å². The van der Waals surface area contributed by atoms with Crippen LogP contribution in [-0.2, 0) is 6.54 Å². The Morgan fingerprint density at radius 3 is 2.95 bits per heavy atom. The van der Waals surface area contributed by atoms with E-state index < -0.39 is 0 Å². The van der Waals surface area contributed by atoms with Crippen molar-refractivity contribution in [1.29, 1.82) is 0 Å². The van der Waals surface area contributed by atoms with Crippen molar-refractivity contribution in [3.8, 4) is 11.5 Å². The van der Waals surface area contributed by atoms with Gasteiger partial charge in [-0.15, -0.1) is 5.10 Å². The zero-order chi connectivity index (χ0) is 13.2. The van der Waals surface area contributed by atoms with Crippen molar-refractivity contribution in [2.45, 2.75) is 13.5 Å². The third-order valence-corrected chi connectivity index (χ3v) is 3.46. The van der Waals surface area contributed by atoms with Gasteiger partial charge in [0, 0.05) is 17.7 Å². The summed E-state index contributed by atoms with van der Waals surface area (Å²) >= 11 is 7.17. The van der Waals surface area contributed by atoms with Crippen LogP contribution in [0.3, 0.4) is 0 Å². The fourth-order valence-corrected chi connectivity index (χ4v) is 2.30. The molecule has 0 spiro atoms. The number of rotatable bonds is 3. The molecule has 3 aromatic heterocycles. The zero-order valence-electron chi connectivity index (χ0n) is 9.99. The number of nitrogens with zero attached hydrogens (tertiary/aromatic N) is 6. The Balaban J connectivity index is 2.01. The highest BCUT2D eigenvalue weighted by Gasteiger charge is 2.14. The Bertz CT molecular complexity index is 692. The van der Waals surface area contributed by atoms with Crippen LogP contribution in [0.4, 0.5) is 0 Å². The van der Waals surface area contributed by atoms with E-state index in [9.17, 15) is 0 Å². The minimum Gasteiger partial charge on any atom is -0.253 e. The first kappa shape index (κ1) is 12.2. The average molecular weight is 293 g/mol. The predicted molar refractivity (Wildman–Crippen MR) is 72.0 cm³/mol. The molecular formula is C11H9ClN6S. The molecule has 19 heavy (non-hydrogen) atoms. The minimum atomic E-state index is 0.433. The molecule has 0 aliphatic heterocycles. The highest BCUT2D eigenvalue weighted by atomic mass is 35.5. The molecule has 0 aliphatic rings. The van der Waals surface area contributed by atoms with Crippen molar-refractivity contribution >= 4 is 23.1 Å². The van der Waals surface area contributed by atoms with E-state index >= 15 is 0 Å². The SMILES string of the molecule is Cc1nc(-c2ccccn2)n(Cc2nnsc2Cl)n1. The summed E-state index contributed by atoms with van der Waals surface area (Å²) in [4.78, 5) is 8.68. The lowest BCUT2D eigenvalue weighted by Gasteiger charge is -2.03. The molecule has 0 atom stereocenters. The lowest BCUT2D eigenvalue weighted by atomic mass is 10.3. The van der Waals surface area contributed by atoms with Gasteiger partial charge in [0.05, 0.1) is 6.54 Å². The van der Waals surface area contributed by atoms with Crippen LogP contribution in [0.15, 0.2) is 24.4 Å². The fourth-order valence-electron chi connectivity index (χ4n) is 1.68. The Morgan fingerprint density at radius 2 is 2.26 bits per heavy atom. The zero-order valence-corrected chi connectivity index (χ0v) is 11.6. The molecule has 0 amide bonds. The van der Waals surface area contributed by atoms with E-state index in [1.54, 1.807) is 10.9 Å². The predicted octanol–water partition coefficient (Wildman–Crippen LogP) is 2.20. The van der Waals surface area contributed by atoms with Crippen LogP contribution in [0.1, 0.15) is 11.5 Å². The first-order chi connectivity index (χ1) is 9.24. The second kappa shape index (κ2) is 5.02. The van der Waals surface area contributed by atoms with E-state index in [0.29, 0.717) is 28.2 Å². The summed E-state index contributed by atoms with van der Waals surface area (Å²) < 4.78 is 6.12. The van der Waals surface area contributed by atoms with Crippen molar-refractivity contribution in [3.63, 3.8) is 0 Å². The van der Waals surface area contributed by atoms with Crippen molar-refractivity contribution in [2.24, 2.45) is 0 Å². The third-order valence-electron chi connectivity index (χ3n) is 2.48. The van der Waals surface area contributed by atoms with E-state index in [1.807, 2.05) is 25.1 Å². The molecule has 0 saturated heterocycles. The Morgan fingerprint density at radius 1 is 1.37 bits per heavy atom. The number of hydrogen-bond donors (Lipinski definition) is 0. The topological polar surface area (TPSA) is 69.4 Å². The lowest BCUT2D eigenvalue weighted by Crippen LogP contribution is -2.05. The molecule has 0 N–H and O–H groups in total. The average Bonchev–Trinajstić information content (AvgIpc) is 2.98. The summed E-state index contributed by atoms with van der Waals surface area (Å²) in [5.74, 6) is 1.38. The summed E-state index contributed by atoms with van der Waals surface area (Å²) in [6, 6.07) is 5.66. The molecule has 0 unspecified atom stereocenters. The highest BCUT2D eigenvalue weighted by Crippen LogP contribution is 2.20. The molecule has 0 radical (unpaired) electrons. The number of hydrogen-bond acceptors (Lipinski definition) is 6. The second-order valence-corrected chi connectivity index (χ2v) is 5.20. The van der Waals surface area contributed by atoms with Gasteiger partial charge in [0.25, 0.3) is 0 Å². The largest absolute Gasteiger partial charge is 0.253 e. The summed E-state index contributed by atoms with van der Waals surface area (Å²) in [6.45, 7) is 2.27. The maximum Gasteiger partial charge on any atom is 0.177 e. The quantitative estimate of drug-likeness (QED) is 0.740. The number of aryl methyl sites for hydroxylation is 1. The summed E-state index contributed by atoms with van der Waals surface area (Å²) in [5.41, 5.74) is 1.45. The van der Waals surface area contributed by atoms with Gasteiger partial charge >= 0.3 is 0 Å². The van der Waals surface area contributed by atoms with Crippen molar-refractivity contribution in [3.05, 3.63) is 40.3 Å². The summed E-state index contributed by atoms with van der Waals surface area (Å²) in [6.07, 6.45) is 1.72. The number of halogens is 1. The molecular weight excluding hydrogens is 284 g/mol. The maximum atomic E-state index is 6.01. The van der Waals surface area contributed by atoms with Crippen LogP contribution < -0.4 is 0 Å². The van der Waals surface area contributed by atoms with Gasteiger partial charge in [0.1, 0.15) is 21.5 Å². The minimum absolute atomic E-state index is 0.433. The molecule has 6 nitrogen and oxygen atoms in total. The summed E-state index contributed by atoms with van der Waals surface area (Å²) in [7, 11) is 0. The molecule has 0 saturated carbocycles. The molecule has 0 aromatic carbocycles. The first-order valence-electron chi connectivity index (χ1n) is 5.53. The van der Waals surface area contributed by atoms with Crippen LogP contribution in [0.2, 0.25) is 4.34 Å². The Hall–Kier alpha value is -1.86. The number of pyridine rings is 1. The van der Waals surface area contributed by atoms with Gasteiger partial charge in [-0.1, -0.05) is 22.2 Å². The molecule has 8 heteroatoms. The van der Waals surface area contributed by atoms with E-state index in [0.717, 1.165) is 17.2 Å². The van der Waals surface area contributed by atoms with E-state index in [-0.39, 0.29) is 0 Å². The number of aromatic nitrogens is 6. The third kappa shape index (κ3) is 2.47. The van der Waals surface area contributed by atoms with Crippen LogP contribution in [0.5, 0.6) is 0 Å². The molecule has 96 valence electrons. The van der Waals surface area contributed by atoms with Crippen LogP contribution in [0, 0.1) is 6.92 Å². The lowest BCUT2D eigenvalue weighted by molar-refractivity contribution is 0.669. The van der Waals surface area contributed by atoms with E-state index in [1.165, 1.54) is 0 Å². The monoisotopic (exact) mass is 292 g/mol. The van der Waals surface area contributed by atoms with Gasteiger partial charge in [-0.3, -0.25) is 4.98 Å². The molecule has 0 fully saturated rings. The second-order valence-electron chi connectivity index (χ2n) is 3.85. The van der Waals surface area contributed by atoms with Gasteiger partial charge < -0.3 is 0 Å². The Kier molecular flexibility index (Phi) is 3.22. The molecule has 3 aromatic rings. The maximum absolute atomic E-state index is 6.01. The molecule has 3 rings (SSSR count). The van der Waals surface area contributed by atoms with Gasteiger partial charge in [0.15, 0.2) is 5.82 Å². The Labute approximate surface area is 118 Å².